The van der Waals surface area contributed by atoms with Crippen LogP contribution in [0, 0.1) is 0 Å². The van der Waals surface area contributed by atoms with E-state index in [0.29, 0.717) is 10.6 Å². The molecule has 2 heterocycles. The number of fused-ring (bicyclic) bond motifs is 1. The summed E-state index contributed by atoms with van der Waals surface area (Å²) in [7, 11) is 1.07. The molecule has 0 bridgehead atoms. The third kappa shape index (κ3) is 6.35. The van der Waals surface area contributed by atoms with Gasteiger partial charge in [-0.15, -0.1) is 0 Å². The fourth-order valence-corrected chi connectivity index (χ4v) is 5.31. The van der Waals surface area contributed by atoms with Crippen LogP contribution in [-0.2, 0) is 26.1 Å². The Labute approximate surface area is 232 Å². The molecule has 2 aromatic rings. The van der Waals surface area contributed by atoms with Crippen LogP contribution in [0.1, 0.15) is 57.5 Å². The van der Waals surface area contributed by atoms with E-state index >= 15 is 0 Å². The molecular formula is C29H37F3N4O4. The Morgan fingerprint density at radius 1 is 1.18 bits per heavy atom. The molecule has 1 fully saturated rings. The number of carbonyl (C=O) groups excluding carboxylic acids is 2. The molecule has 1 aromatic heterocycles. The van der Waals surface area contributed by atoms with E-state index in [9.17, 15) is 22.8 Å². The predicted molar refractivity (Wildman–Crippen MR) is 144 cm³/mol. The van der Waals surface area contributed by atoms with Crippen molar-refractivity contribution in [2.75, 3.05) is 32.1 Å². The van der Waals surface area contributed by atoms with E-state index in [2.05, 4.69) is 36.3 Å². The van der Waals surface area contributed by atoms with Crippen molar-refractivity contribution in [3.63, 3.8) is 0 Å². The second-order valence-corrected chi connectivity index (χ2v) is 11.9. The lowest BCUT2D eigenvalue weighted by Gasteiger charge is -2.37. The van der Waals surface area contributed by atoms with E-state index in [0.717, 1.165) is 13.5 Å². The van der Waals surface area contributed by atoms with Gasteiger partial charge in [-0.1, -0.05) is 38.1 Å². The summed E-state index contributed by atoms with van der Waals surface area (Å²) in [5, 5.41) is 3.42. The van der Waals surface area contributed by atoms with Crippen LogP contribution in [0.5, 0.6) is 0 Å². The van der Waals surface area contributed by atoms with Crippen LogP contribution in [0.25, 0.3) is 0 Å². The number of hydrogen-bond donors (Lipinski definition) is 1. The minimum atomic E-state index is -4.79. The molecule has 8 nitrogen and oxygen atoms in total. The molecule has 2 aliphatic rings. The third-order valence-corrected chi connectivity index (χ3v) is 7.45. The zero-order valence-corrected chi connectivity index (χ0v) is 23.7. The quantitative estimate of drug-likeness (QED) is 0.547. The molecule has 1 saturated heterocycles. The average Bonchev–Trinajstić information content (AvgIpc) is 3.12. The van der Waals surface area contributed by atoms with Crippen molar-refractivity contribution in [1.82, 2.24) is 14.8 Å². The Morgan fingerprint density at radius 3 is 2.48 bits per heavy atom. The van der Waals surface area contributed by atoms with Gasteiger partial charge in [0, 0.05) is 25.0 Å². The smallest absolute Gasteiger partial charge is 0.414 e. The summed E-state index contributed by atoms with van der Waals surface area (Å²) in [5.41, 5.74) is 1.82. The van der Waals surface area contributed by atoms with E-state index in [1.165, 1.54) is 28.3 Å². The number of rotatable bonds is 5. The summed E-state index contributed by atoms with van der Waals surface area (Å²) in [4.78, 5) is 31.6. The van der Waals surface area contributed by atoms with Gasteiger partial charge in [-0.3, -0.25) is 9.78 Å². The number of pyridine rings is 1. The summed E-state index contributed by atoms with van der Waals surface area (Å²) >= 11 is 0. The van der Waals surface area contributed by atoms with Gasteiger partial charge < -0.3 is 24.6 Å². The maximum absolute atomic E-state index is 14.3. The van der Waals surface area contributed by atoms with Gasteiger partial charge in [0.2, 0.25) is 0 Å². The standard InChI is InChI=1S/C29H37F3N4O4/c1-27(2,3)40-26(38)36-13-14-39-22(17-36)25(37)35(6)24(29(30,31)32)21-12-11-19(16-33-21)34-23-15-18-9-7-8-10-20(18)28(23,4)5/h7-12,16,22-24,34H,13-15,17H2,1-6H3/t22-,23+,24+/m1/s1. The van der Waals surface area contributed by atoms with Gasteiger partial charge in [0.25, 0.3) is 5.91 Å². The molecule has 40 heavy (non-hydrogen) atoms. The van der Waals surface area contributed by atoms with Crippen molar-refractivity contribution in [3.05, 3.63) is 59.4 Å². The third-order valence-electron chi connectivity index (χ3n) is 7.45. The van der Waals surface area contributed by atoms with Crippen molar-refractivity contribution in [2.24, 2.45) is 0 Å². The van der Waals surface area contributed by atoms with Gasteiger partial charge in [0.1, 0.15) is 5.60 Å². The number of amides is 2. The van der Waals surface area contributed by atoms with E-state index < -0.39 is 35.9 Å². The van der Waals surface area contributed by atoms with Gasteiger partial charge in [-0.2, -0.15) is 13.2 Å². The molecule has 218 valence electrons. The van der Waals surface area contributed by atoms with Crippen LogP contribution in [0.2, 0.25) is 0 Å². The highest BCUT2D eigenvalue weighted by Crippen LogP contribution is 2.40. The highest BCUT2D eigenvalue weighted by molar-refractivity contribution is 5.82. The second-order valence-electron chi connectivity index (χ2n) is 11.9. The number of nitrogens with zero attached hydrogens (tertiary/aromatic N) is 3. The van der Waals surface area contributed by atoms with Crippen molar-refractivity contribution in [2.45, 2.75) is 76.4 Å². The van der Waals surface area contributed by atoms with Crippen LogP contribution >= 0.6 is 0 Å². The molecular weight excluding hydrogens is 525 g/mol. The van der Waals surface area contributed by atoms with Gasteiger partial charge in [0.05, 0.1) is 30.7 Å². The molecule has 3 atom stereocenters. The molecule has 1 N–H and O–H groups in total. The molecule has 2 amide bonds. The van der Waals surface area contributed by atoms with Gasteiger partial charge in [0.15, 0.2) is 12.1 Å². The normalized spacial score (nSPS) is 21.4. The average molecular weight is 563 g/mol. The first-order chi connectivity index (χ1) is 18.6. The molecule has 4 rings (SSSR count). The largest absolute Gasteiger partial charge is 0.444 e. The van der Waals surface area contributed by atoms with E-state index in [-0.39, 0.29) is 36.8 Å². The Balaban J connectivity index is 1.47. The Morgan fingerprint density at radius 2 is 1.88 bits per heavy atom. The van der Waals surface area contributed by atoms with Crippen LogP contribution in [0.15, 0.2) is 42.6 Å². The van der Waals surface area contributed by atoms with Crippen LogP contribution in [0.4, 0.5) is 23.7 Å². The zero-order chi connectivity index (χ0) is 29.5. The molecule has 0 spiro atoms. The number of morpholine rings is 1. The van der Waals surface area contributed by atoms with Crippen molar-refractivity contribution in [3.8, 4) is 0 Å². The van der Waals surface area contributed by atoms with Crippen LogP contribution < -0.4 is 5.32 Å². The summed E-state index contributed by atoms with van der Waals surface area (Å²) in [6.45, 7) is 9.35. The number of halogens is 3. The second kappa shape index (κ2) is 10.9. The maximum Gasteiger partial charge on any atom is 0.414 e. The lowest BCUT2D eigenvalue weighted by Crippen LogP contribution is -2.54. The highest BCUT2D eigenvalue weighted by atomic mass is 19.4. The number of hydrogen-bond acceptors (Lipinski definition) is 6. The van der Waals surface area contributed by atoms with E-state index in [1.807, 2.05) is 12.1 Å². The number of carbonyl (C=O) groups is 2. The number of ether oxygens (including phenoxy) is 2. The molecule has 1 aliphatic heterocycles. The van der Waals surface area contributed by atoms with Gasteiger partial charge in [-0.05, 0) is 50.5 Å². The van der Waals surface area contributed by atoms with Crippen LogP contribution in [0.3, 0.4) is 0 Å². The SMILES string of the molecule is CN(C(=O)[C@H]1CN(C(=O)OC(C)(C)C)CCO1)[C@@H](c1ccc(N[C@H]2Cc3ccccc3C2(C)C)cn1)C(F)(F)F. The minimum absolute atomic E-state index is 0.000172. The van der Waals surface area contributed by atoms with Crippen LogP contribution in [-0.4, -0.2) is 77.5 Å². The Kier molecular flexibility index (Phi) is 8.08. The zero-order valence-electron chi connectivity index (χ0n) is 23.7. The van der Waals surface area contributed by atoms with E-state index in [1.54, 1.807) is 26.8 Å². The fourth-order valence-electron chi connectivity index (χ4n) is 5.31. The molecule has 11 heteroatoms. The molecule has 0 radical (unpaired) electrons. The molecule has 1 aliphatic carbocycles. The lowest BCUT2D eigenvalue weighted by molar-refractivity contribution is -0.195. The van der Waals surface area contributed by atoms with E-state index in [4.69, 9.17) is 9.47 Å². The van der Waals surface area contributed by atoms with Gasteiger partial charge >= 0.3 is 12.3 Å². The summed E-state index contributed by atoms with van der Waals surface area (Å²) in [6.07, 6.45) is -4.55. The molecule has 0 unspecified atom stereocenters. The van der Waals surface area contributed by atoms with Crippen molar-refractivity contribution < 1.29 is 32.2 Å². The van der Waals surface area contributed by atoms with Crippen molar-refractivity contribution >= 4 is 17.7 Å². The first-order valence-corrected chi connectivity index (χ1v) is 13.3. The maximum atomic E-state index is 14.3. The molecule has 1 aromatic carbocycles. The first kappa shape index (κ1) is 29.6. The molecule has 0 saturated carbocycles. The fraction of sp³-hybridized carbons (Fsp3) is 0.552. The van der Waals surface area contributed by atoms with Gasteiger partial charge in [-0.25, -0.2) is 4.79 Å². The highest BCUT2D eigenvalue weighted by Gasteiger charge is 2.48. The summed E-state index contributed by atoms with van der Waals surface area (Å²) in [6, 6.07) is 8.77. The first-order valence-electron chi connectivity index (χ1n) is 13.3. The monoisotopic (exact) mass is 562 g/mol. The summed E-state index contributed by atoms with van der Waals surface area (Å²) in [5.74, 6) is -0.898. The number of nitrogens with one attached hydrogen (secondary N) is 1. The number of aromatic nitrogens is 1. The summed E-state index contributed by atoms with van der Waals surface area (Å²) < 4.78 is 53.7. The lowest BCUT2D eigenvalue weighted by atomic mass is 9.83. The predicted octanol–water partition coefficient (Wildman–Crippen LogP) is 5.09. The number of benzene rings is 1. The van der Waals surface area contributed by atoms with Crippen molar-refractivity contribution in [1.29, 1.82) is 0 Å². The Bertz CT molecular complexity index is 1230. The Hall–Kier alpha value is -3.34. The topological polar surface area (TPSA) is 84.0 Å². The number of alkyl halides is 3. The minimum Gasteiger partial charge on any atom is -0.444 e. The number of likely N-dealkylation sites (N-methyl/N-ethyl adjacent to an activating group) is 1. The number of anilines is 1.